The molecular weight excluding hydrogens is 261 g/mol. The molecule has 0 aliphatic heterocycles. The minimum atomic E-state index is -0.238. The molecule has 0 spiro atoms. The molecule has 2 aromatic rings. The van der Waals surface area contributed by atoms with Gasteiger partial charge >= 0.3 is 0 Å². The van der Waals surface area contributed by atoms with Crippen LogP contribution >= 0.6 is 11.3 Å². The summed E-state index contributed by atoms with van der Waals surface area (Å²) in [5.74, 6) is 0.303. The van der Waals surface area contributed by atoms with E-state index >= 15 is 0 Å². The minimum Gasteiger partial charge on any atom is -0.497 e. The van der Waals surface area contributed by atoms with E-state index in [1.807, 2.05) is 18.4 Å². The summed E-state index contributed by atoms with van der Waals surface area (Å²) in [7, 11) is 1.54. The van der Waals surface area contributed by atoms with Gasteiger partial charge in [-0.05, 0) is 31.4 Å². The molecule has 0 bridgehead atoms. The largest absolute Gasteiger partial charge is 0.497 e. The van der Waals surface area contributed by atoms with Crippen LogP contribution in [0.3, 0.4) is 0 Å². The molecule has 1 N–H and O–H groups in total. The van der Waals surface area contributed by atoms with E-state index in [1.165, 1.54) is 18.1 Å². The monoisotopic (exact) mass is 279 g/mol. The molecule has 0 saturated heterocycles. The van der Waals surface area contributed by atoms with Crippen LogP contribution in [0.5, 0.6) is 5.75 Å². The average molecular weight is 279 g/mol. The molecule has 19 heavy (non-hydrogen) atoms. The van der Waals surface area contributed by atoms with E-state index in [9.17, 15) is 4.39 Å². The van der Waals surface area contributed by atoms with Crippen LogP contribution in [-0.4, -0.2) is 7.11 Å². The zero-order chi connectivity index (χ0) is 13.8. The maximum absolute atomic E-state index is 14.0. The van der Waals surface area contributed by atoms with Gasteiger partial charge < -0.3 is 10.1 Å². The molecule has 1 unspecified atom stereocenters. The first-order chi connectivity index (χ1) is 9.11. The number of hydrogen-bond acceptors (Lipinski definition) is 3. The molecule has 0 saturated carbocycles. The van der Waals surface area contributed by atoms with E-state index in [2.05, 4.69) is 18.3 Å². The third kappa shape index (κ3) is 3.33. The number of hydrogen-bond donors (Lipinski definition) is 1. The molecule has 2 nitrogen and oxygen atoms in total. The van der Waals surface area contributed by atoms with E-state index in [0.717, 1.165) is 0 Å². The number of nitrogens with one attached hydrogen (secondary N) is 1. The SMILES string of the molecule is COc1ccc(C(C)N[C@@H](C)c2cccs2)c(F)c1. The zero-order valence-electron chi connectivity index (χ0n) is 11.3. The summed E-state index contributed by atoms with van der Waals surface area (Å²) in [6.45, 7) is 4.05. The lowest BCUT2D eigenvalue weighted by atomic mass is 10.1. The van der Waals surface area contributed by atoms with Crippen molar-refractivity contribution in [2.45, 2.75) is 25.9 Å². The van der Waals surface area contributed by atoms with E-state index < -0.39 is 0 Å². The van der Waals surface area contributed by atoms with Gasteiger partial charge in [0.05, 0.1) is 7.11 Å². The molecule has 1 aromatic carbocycles. The first-order valence-corrected chi connectivity index (χ1v) is 7.12. The van der Waals surface area contributed by atoms with Gasteiger partial charge in [0.1, 0.15) is 11.6 Å². The Morgan fingerprint density at radius 1 is 1.21 bits per heavy atom. The predicted octanol–water partition coefficient (Wildman–Crippen LogP) is 4.31. The number of ether oxygens (including phenoxy) is 1. The van der Waals surface area contributed by atoms with Crippen molar-refractivity contribution in [3.63, 3.8) is 0 Å². The Bertz CT molecular complexity index is 527. The van der Waals surface area contributed by atoms with Crippen molar-refractivity contribution >= 4 is 11.3 Å². The van der Waals surface area contributed by atoms with Crippen molar-refractivity contribution < 1.29 is 9.13 Å². The molecule has 0 fully saturated rings. The number of thiophene rings is 1. The van der Waals surface area contributed by atoms with Crippen LogP contribution < -0.4 is 10.1 Å². The fraction of sp³-hybridized carbons (Fsp3) is 0.333. The Hall–Kier alpha value is -1.39. The van der Waals surface area contributed by atoms with Crippen LogP contribution in [0.15, 0.2) is 35.7 Å². The quantitative estimate of drug-likeness (QED) is 0.880. The van der Waals surface area contributed by atoms with E-state index in [-0.39, 0.29) is 17.9 Å². The van der Waals surface area contributed by atoms with Gasteiger partial charge in [0.15, 0.2) is 0 Å². The lowest BCUT2D eigenvalue weighted by Gasteiger charge is -2.20. The smallest absolute Gasteiger partial charge is 0.131 e. The highest BCUT2D eigenvalue weighted by atomic mass is 32.1. The Labute approximate surface area is 117 Å². The lowest BCUT2D eigenvalue weighted by Crippen LogP contribution is -2.22. The van der Waals surface area contributed by atoms with Crippen molar-refractivity contribution in [3.05, 3.63) is 52.0 Å². The van der Waals surface area contributed by atoms with Crippen LogP contribution in [0, 0.1) is 5.82 Å². The second-order valence-corrected chi connectivity index (χ2v) is 5.49. The van der Waals surface area contributed by atoms with Gasteiger partial charge in [-0.1, -0.05) is 12.1 Å². The van der Waals surface area contributed by atoms with E-state index in [1.54, 1.807) is 23.5 Å². The molecule has 102 valence electrons. The van der Waals surface area contributed by atoms with E-state index in [0.29, 0.717) is 11.3 Å². The van der Waals surface area contributed by atoms with Crippen LogP contribution in [0.25, 0.3) is 0 Å². The Morgan fingerprint density at radius 3 is 2.58 bits per heavy atom. The standard InChI is InChI=1S/C15H18FNOS/c1-10(17-11(2)15-5-4-8-19-15)13-7-6-12(18-3)9-14(13)16/h4-11,17H,1-3H3/t10?,11-/m0/s1. The highest BCUT2D eigenvalue weighted by Crippen LogP contribution is 2.25. The van der Waals surface area contributed by atoms with Gasteiger partial charge in [-0.2, -0.15) is 0 Å². The third-order valence-corrected chi connectivity index (χ3v) is 4.20. The highest BCUT2D eigenvalue weighted by molar-refractivity contribution is 7.10. The normalized spacial score (nSPS) is 14.1. The maximum atomic E-state index is 14.0. The molecule has 0 radical (unpaired) electrons. The molecule has 2 rings (SSSR count). The van der Waals surface area contributed by atoms with Crippen molar-refractivity contribution in [2.75, 3.05) is 7.11 Å². The molecule has 4 heteroatoms. The molecule has 1 heterocycles. The molecule has 0 amide bonds. The van der Waals surface area contributed by atoms with Crippen molar-refractivity contribution in [2.24, 2.45) is 0 Å². The third-order valence-electron chi connectivity index (χ3n) is 3.14. The molecule has 2 atom stereocenters. The fourth-order valence-electron chi connectivity index (χ4n) is 2.07. The topological polar surface area (TPSA) is 21.3 Å². The zero-order valence-corrected chi connectivity index (χ0v) is 12.1. The fourth-order valence-corrected chi connectivity index (χ4v) is 2.81. The van der Waals surface area contributed by atoms with Gasteiger partial charge in [-0.25, -0.2) is 4.39 Å². The first kappa shape index (κ1) is 14.0. The van der Waals surface area contributed by atoms with Gasteiger partial charge in [-0.15, -0.1) is 11.3 Å². The first-order valence-electron chi connectivity index (χ1n) is 6.24. The number of methoxy groups -OCH3 is 1. The summed E-state index contributed by atoms with van der Waals surface area (Å²) in [5.41, 5.74) is 0.657. The minimum absolute atomic E-state index is 0.0528. The number of benzene rings is 1. The average Bonchev–Trinajstić information content (AvgIpc) is 2.92. The Morgan fingerprint density at radius 2 is 2.00 bits per heavy atom. The molecular formula is C15H18FNOS. The van der Waals surface area contributed by atoms with Gasteiger partial charge in [-0.3, -0.25) is 0 Å². The van der Waals surface area contributed by atoms with Gasteiger partial charge in [0.2, 0.25) is 0 Å². The summed E-state index contributed by atoms with van der Waals surface area (Å²) in [6.07, 6.45) is 0. The number of rotatable bonds is 5. The highest BCUT2D eigenvalue weighted by Gasteiger charge is 2.15. The van der Waals surface area contributed by atoms with Crippen LogP contribution in [0.1, 0.15) is 36.4 Å². The van der Waals surface area contributed by atoms with E-state index in [4.69, 9.17) is 4.74 Å². The summed E-state index contributed by atoms with van der Waals surface area (Å²) < 4.78 is 19.0. The maximum Gasteiger partial charge on any atom is 0.131 e. The molecule has 0 aliphatic carbocycles. The van der Waals surface area contributed by atoms with Crippen LogP contribution in [0.4, 0.5) is 4.39 Å². The molecule has 0 aliphatic rings. The van der Waals surface area contributed by atoms with Crippen LogP contribution in [-0.2, 0) is 0 Å². The second-order valence-electron chi connectivity index (χ2n) is 4.51. The van der Waals surface area contributed by atoms with Crippen molar-refractivity contribution in [1.82, 2.24) is 5.32 Å². The summed E-state index contributed by atoms with van der Waals surface area (Å²) in [5, 5.41) is 5.45. The predicted molar refractivity (Wildman–Crippen MR) is 77.2 cm³/mol. The van der Waals surface area contributed by atoms with Crippen molar-refractivity contribution in [3.8, 4) is 5.75 Å². The summed E-state index contributed by atoms with van der Waals surface area (Å²) in [6, 6.07) is 9.23. The number of halogens is 1. The summed E-state index contributed by atoms with van der Waals surface area (Å²) >= 11 is 1.70. The van der Waals surface area contributed by atoms with Crippen LogP contribution in [0.2, 0.25) is 0 Å². The second kappa shape index (κ2) is 6.17. The lowest BCUT2D eigenvalue weighted by molar-refractivity contribution is 0.408. The summed E-state index contributed by atoms with van der Waals surface area (Å²) in [4.78, 5) is 1.25. The Balaban J connectivity index is 2.09. The Kier molecular flexibility index (Phi) is 4.56. The van der Waals surface area contributed by atoms with Gasteiger partial charge in [0.25, 0.3) is 0 Å². The van der Waals surface area contributed by atoms with Gasteiger partial charge in [0, 0.05) is 28.6 Å². The van der Waals surface area contributed by atoms with Crippen molar-refractivity contribution in [1.29, 1.82) is 0 Å². The molecule has 1 aromatic heterocycles.